The Hall–Kier alpha value is -2.53. The van der Waals surface area contributed by atoms with Gasteiger partial charge in [-0.25, -0.2) is 13.8 Å². The van der Waals surface area contributed by atoms with E-state index >= 15 is 0 Å². The Labute approximate surface area is 136 Å². The van der Waals surface area contributed by atoms with Crippen LogP contribution in [-0.2, 0) is 6.54 Å². The van der Waals surface area contributed by atoms with Gasteiger partial charge in [-0.3, -0.25) is 0 Å². The first-order chi connectivity index (χ1) is 11.2. The van der Waals surface area contributed by atoms with E-state index in [4.69, 9.17) is 0 Å². The average Bonchev–Trinajstić information content (AvgIpc) is 2.93. The smallest absolute Gasteiger partial charge is 0.190 e. The Balaban J connectivity index is 2.14. The zero-order chi connectivity index (χ0) is 16.2. The predicted molar refractivity (Wildman–Crippen MR) is 89.5 cm³/mol. The SMILES string of the molecule is C=CCn1c(-c2ccccc2F)csc1=Nc1ccc(F)cc1. The molecule has 0 aliphatic heterocycles. The van der Waals surface area contributed by atoms with Crippen molar-refractivity contribution in [2.24, 2.45) is 4.99 Å². The molecule has 0 unspecified atom stereocenters. The van der Waals surface area contributed by atoms with Crippen molar-refractivity contribution in [3.05, 3.63) is 83.0 Å². The van der Waals surface area contributed by atoms with Gasteiger partial charge in [0.15, 0.2) is 4.80 Å². The Morgan fingerprint density at radius 3 is 2.52 bits per heavy atom. The molecule has 0 atom stereocenters. The molecule has 116 valence electrons. The zero-order valence-electron chi connectivity index (χ0n) is 12.2. The predicted octanol–water partition coefficient (Wildman–Crippen LogP) is 4.91. The third-order valence-corrected chi connectivity index (χ3v) is 4.17. The number of hydrogen-bond acceptors (Lipinski definition) is 2. The van der Waals surface area contributed by atoms with Crippen LogP contribution in [-0.4, -0.2) is 4.57 Å². The molecule has 0 saturated heterocycles. The fourth-order valence-electron chi connectivity index (χ4n) is 2.23. The topological polar surface area (TPSA) is 17.3 Å². The second-order valence-corrected chi connectivity index (χ2v) is 5.71. The van der Waals surface area contributed by atoms with Crippen LogP contribution >= 0.6 is 11.3 Å². The summed E-state index contributed by atoms with van der Waals surface area (Å²) in [6.45, 7) is 4.26. The van der Waals surface area contributed by atoms with Crippen molar-refractivity contribution in [1.82, 2.24) is 4.57 Å². The number of rotatable bonds is 4. The Bertz CT molecular complexity index is 892. The van der Waals surface area contributed by atoms with Gasteiger partial charge in [0, 0.05) is 17.5 Å². The molecule has 0 bridgehead atoms. The van der Waals surface area contributed by atoms with Crippen LogP contribution in [0.1, 0.15) is 0 Å². The molecular weight excluding hydrogens is 314 g/mol. The van der Waals surface area contributed by atoms with Gasteiger partial charge in [-0.1, -0.05) is 18.2 Å². The standard InChI is InChI=1S/C18H14F2N2S/c1-2-11-22-17(15-5-3-4-6-16(15)20)12-23-18(22)21-14-9-7-13(19)8-10-14/h2-10,12H,1,11H2. The van der Waals surface area contributed by atoms with Crippen LogP contribution in [0.3, 0.4) is 0 Å². The summed E-state index contributed by atoms with van der Waals surface area (Å²) in [7, 11) is 0. The molecular formula is C18H14F2N2S. The van der Waals surface area contributed by atoms with Crippen molar-refractivity contribution in [3.8, 4) is 11.3 Å². The minimum absolute atomic E-state index is 0.281. The number of thiazole rings is 1. The van der Waals surface area contributed by atoms with Crippen LogP contribution in [0.4, 0.5) is 14.5 Å². The summed E-state index contributed by atoms with van der Waals surface area (Å²) in [5.74, 6) is -0.586. The fourth-order valence-corrected chi connectivity index (χ4v) is 3.16. The summed E-state index contributed by atoms with van der Waals surface area (Å²) in [5.41, 5.74) is 1.91. The van der Waals surface area contributed by atoms with Gasteiger partial charge < -0.3 is 4.57 Å². The molecule has 0 saturated carbocycles. The first-order valence-electron chi connectivity index (χ1n) is 7.03. The molecule has 23 heavy (non-hydrogen) atoms. The molecule has 3 aromatic rings. The van der Waals surface area contributed by atoms with Crippen molar-refractivity contribution in [2.75, 3.05) is 0 Å². The van der Waals surface area contributed by atoms with Gasteiger partial charge in [0.25, 0.3) is 0 Å². The van der Waals surface area contributed by atoms with E-state index in [1.165, 1.54) is 29.5 Å². The number of benzene rings is 2. The molecule has 0 aliphatic carbocycles. The highest BCUT2D eigenvalue weighted by Crippen LogP contribution is 2.23. The molecule has 2 aromatic carbocycles. The molecule has 0 aliphatic rings. The van der Waals surface area contributed by atoms with Gasteiger partial charge in [-0.05, 0) is 36.4 Å². The van der Waals surface area contributed by atoms with E-state index in [2.05, 4.69) is 11.6 Å². The van der Waals surface area contributed by atoms with Crippen molar-refractivity contribution >= 4 is 17.0 Å². The highest BCUT2D eigenvalue weighted by molar-refractivity contribution is 7.07. The van der Waals surface area contributed by atoms with E-state index in [0.717, 1.165) is 5.69 Å². The van der Waals surface area contributed by atoms with Gasteiger partial charge >= 0.3 is 0 Å². The highest BCUT2D eigenvalue weighted by atomic mass is 32.1. The molecule has 0 spiro atoms. The van der Waals surface area contributed by atoms with Crippen LogP contribution in [0.15, 0.2) is 71.6 Å². The lowest BCUT2D eigenvalue weighted by Gasteiger charge is -2.07. The maximum Gasteiger partial charge on any atom is 0.190 e. The van der Waals surface area contributed by atoms with Gasteiger partial charge in [-0.2, -0.15) is 0 Å². The normalized spacial score (nSPS) is 11.7. The molecule has 0 N–H and O–H groups in total. The number of aromatic nitrogens is 1. The molecule has 2 nitrogen and oxygen atoms in total. The second kappa shape index (κ2) is 6.71. The van der Waals surface area contributed by atoms with E-state index < -0.39 is 0 Å². The molecule has 0 amide bonds. The first kappa shape index (κ1) is 15.4. The van der Waals surface area contributed by atoms with E-state index in [9.17, 15) is 8.78 Å². The van der Waals surface area contributed by atoms with Gasteiger partial charge in [0.05, 0.1) is 11.4 Å². The summed E-state index contributed by atoms with van der Waals surface area (Å²) in [6.07, 6.45) is 1.74. The Morgan fingerprint density at radius 1 is 1.09 bits per heavy atom. The second-order valence-electron chi connectivity index (χ2n) is 4.87. The first-order valence-corrected chi connectivity index (χ1v) is 7.91. The van der Waals surface area contributed by atoms with E-state index in [1.54, 1.807) is 36.4 Å². The number of allylic oxidation sites excluding steroid dienone is 1. The van der Waals surface area contributed by atoms with Crippen molar-refractivity contribution in [3.63, 3.8) is 0 Å². The monoisotopic (exact) mass is 328 g/mol. The van der Waals surface area contributed by atoms with Crippen LogP contribution < -0.4 is 4.80 Å². The van der Waals surface area contributed by atoms with E-state index in [1.807, 2.05) is 9.95 Å². The third-order valence-electron chi connectivity index (χ3n) is 3.31. The summed E-state index contributed by atoms with van der Waals surface area (Å²) in [4.78, 5) is 5.22. The van der Waals surface area contributed by atoms with E-state index in [-0.39, 0.29) is 11.6 Å². The zero-order valence-corrected chi connectivity index (χ0v) is 13.1. The summed E-state index contributed by atoms with van der Waals surface area (Å²) < 4.78 is 29.0. The Morgan fingerprint density at radius 2 is 1.83 bits per heavy atom. The molecule has 1 heterocycles. The minimum Gasteiger partial charge on any atom is -0.313 e. The Kier molecular flexibility index (Phi) is 4.48. The number of nitrogens with zero attached hydrogens (tertiary/aromatic N) is 2. The van der Waals surface area contributed by atoms with Crippen molar-refractivity contribution in [2.45, 2.75) is 6.54 Å². The van der Waals surface area contributed by atoms with Gasteiger partial charge in [0.1, 0.15) is 11.6 Å². The van der Waals surface area contributed by atoms with Crippen LogP contribution in [0.2, 0.25) is 0 Å². The summed E-state index contributed by atoms with van der Waals surface area (Å²) in [5, 5.41) is 1.87. The van der Waals surface area contributed by atoms with Crippen LogP contribution in [0.5, 0.6) is 0 Å². The van der Waals surface area contributed by atoms with Crippen molar-refractivity contribution < 1.29 is 8.78 Å². The molecule has 0 radical (unpaired) electrons. The maximum atomic E-state index is 14.1. The molecule has 0 fully saturated rings. The largest absolute Gasteiger partial charge is 0.313 e. The van der Waals surface area contributed by atoms with E-state index in [0.29, 0.717) is 22.6 Å². The molecule has 1 aromatic heterocycles. The van der Waals surface area contributed by atoms with Crippen LogP contribution in [0.25, 0.3) is 11.3 Å². The highest BCUT2D eigenvalue weighted by Gasteiger charge is 2.10. The quantitative estimate of drug-likeness (QED) is 0.605. The summed E-state index contributed by atoms with van der Waals surface area (Å²) >= 11 is 1.41. The average molecular weight is 328 g/mol. The fraction of sp³-hybridized carbons (Fsp3) is 0.0556. The lowest BCUT2D eigenvalue weighted by Crippen LogP contribution is -2.15. The van der Waals surface area contributed by atoms with Crippen LogP contribution in [0, 0.1) is 11.6 Å². The maximum absolute atomic E-state index is 14.1. The van der Waals surface area contributed by atoms with Gasteiger partial charge in [0.2, 0.25) is 0 Å². The lowest BCUT2D eigenvalue weighted by atomic mass is 10.1. The third kappa shape index (κ3) is 3.29. The van der Waals surface area contributed by atoms with Crippen molar-refractivity contribution in [1.29, 1.82) is 0 Å². The minimum atomic E-state index is -0.304. The number of halogens is 2. The lowest BCUT2D eigenvalue weighted by molar-refractivity contribution is 0.627. The number of hydrogen-bond donors (Lipinski definition) is 0. The summed E-state index contributed by atoms with van der Waals surface area (Å²) in [6, 6.07) is 12.6. The molecule has 3 rings (SSSR count). The molecule has 5 heteroatoms. The van der Waals surface area contributed by atoms with Gasteiger partial charge in [-0.15, -0.1) is 17.9 Å².